The van der Waals surface area contributed by atoms with Crippen molar-refractivity contribution in [3.63, 3.8) is 0 Å². The fraction of sp³-hybridized carbons (Fsp3) is 0.368. The van der Waals surface area contributed by atoms with Crippen LogP contribution in [0.25, 0.3) is 0 Å². The molecule has 2 aromatic carbocycles. The van der Waals surface area contributed by atoms with Gasteiger partial charge in [0, 0.05) is 17.3 Å². The summed E-state index contributed by atoms with van der Waals surface area (Å²) in [5, 5.41) is 11.0. The first-order valence-corrected chi connectivity index (χ1v) is 8.85. The van der Waals surface area contributed by atoms with E-state index in [2.05, 4.69) is 40.2 Å². The summed E-state index contributed by atoms with van der Waals surface area (Å²) in [6, 6.07) is 18.5. The van der Waals surface area contributed by atoms with Gasteiger partial charge in [-0.25, -0.2) is 0 Å². The van der Waals surface area contributed by atoms with Gasteiger partial charge in [-0.05, 0) is 23.3 Å². The number of hydrogen-bond acceptors (Lipinski definition) is 1. The van der Waals surface area contributed by atoms with Crippen LogP contribution in [0.2, 0.25) is 0 Å². The highest BCUT2D eigenvalue weighted by Gasteiger charge is 2.28. The summed E-state index contributed by atoms with van der Waals surface area (Å²) in [4.78, 5) is 1.62. The summed E-state index contributed by atoms with van der Waals surface area (Å²) < 4.78 is 1.05. The molecule has 3 rings (SSSR count). The highest BCUT2D eigenvalue weighted by Crippen LogP contribution is 2.30. The molecule has 0 aromatic heterocycles. The Morgan fingerprint density at radius 2 is 1.55 bits per heavy atom. The number of nitrogens with one attached hydrogen (secondary N) is 1. The van der Waals surface area contributed by atoms with Crippen molar-refractivity contribution in [1.82, 2.24) is 0 Å². The predicted octanol–water partition coefficient (Wildman–Crippen LogP) is 2.95. The molecular weight excluding hydrogens is 338 g/mol. The van der Waals surface area contributed by atoms with E-state index in [4.69, 9.17) is 0 Å². The first kappa shape index (κ1) is 15.7. The van der Waals surface area contributed by atoms with Crippen LogP contribution in [0.3, 0.4) is 0 Å². The summed E-state index contributed by atoms with van der Waals surface area (Å²) in [5.74, 6) is 0.149. The molecule has 1 saturated heterocycles. The zero-order valence-corrected chi connectivity index (χ0v) is 14.3. The Labute approximate surface area is 140 Å². The van der Waals surface area contributed by atoms with E-state index in [1.165, 1.54) is 31.5 Å². The van der Waals surface area contributed by atoms with Crippen LogP contribution in [0.1, 0.15) is 36.0 Å². The van der Waals surface area contributed by atoms with Crippen molar-refractivity contribution in [2.45, 2.75) is 24.9 Å². The van der Waals surface area contributed by atoms with Crippen molar-refractivity contribution >= 4 is 15.9 Å². The molecule has 116 valence electrons. The van der Waals surface area contributed by atoms with Gasteiger partial charge >= 0.3 is 0 Å². The van der Waals surface area contributed by atoms with Gasteiger partial charge in [-0.15, -0.1) is 0 Å². The minimum atomic E-state index is -0.455. The van der Waals surface area contributed by atoms with Crippen molar-refractivity contribution in [2.75, 3.05) is 19.6 Å². The van der Waals surface area contributed by atoms with Crippen molar-refractivity contribution in [2.24, 2.45) is 0 Å². The molecule has 2 nitrogen and oxygen atoms in total. The molecule has 2 atom stereocenters. The maximum Gasteiger partial charge on any atom is 0.0912 e. The zero-order valence-electron chi connectivity index (χ0n) is 12.7. The molecule has 0 radical (unpaired) electrons. The number of likely N-dealkylation sites (tertiary alicyclic amines) is 1. The topological polar surface area (TPSA) is 24.7 Å². The number of quaternary nitrogens is 1. The number of benzene rings is 2. The summed E-state index contributed by atoms with van der Waals surface area (Å²) in [7, 11) is 0. The maximum absolute atomic E-state index is 11.0. The summed E-state index contributed by atoms with van der Waals surface area (Å²) in [6.45, 7) is 3.47. The van der Waals surface area contributed by atoms with Gasteiger partial charge in [0.25, 0.3) is 0 Å². The summed E-state index contributed by atoms with van der Waals surface area (Å²) in [5.41, 5.74) is 2.23. The lowest BCUT2D eigenvalue weighted by Crippen LogP contribution is -3.10. The third-order valence-electron chi connectivity index (χ3n) is 4.64. The summed E-state index contributed by atoms with van der Waals surface area (Å²) >= 11 is 3.46. The zero-order chi connectivity index (χ0) is 15.4. The molecule has 0 unspecified atom stereocenters. The van der Waals surface area contributed by atoms with Crippen molar-refractivity contribution in [3.8, 4) is 0 Å². The van der Waals surface area contributed by atoms with E-state index < -0.39 is 6.10 Å². The fourth-order valence-corrected chi connectivity index (χ4v) is 3.66. The molecule has 0 bridgehead atoms. The molecule has 0 spiro atoms. The van der Waals surface area contributed by atoms with Gasteiger partial charge < -0.3 is 10.0 Å². The van der Waals surface area contributed by atoms with Crippen LogP contribution in [-0.2, 0) is 0 Å². The minimum Gasteiger partial charge on any atom is -0.388 e. The van der Waals surface area contributed by atoms with Crippen LogP contribution < -0.4 is 4.90 Å². The molecule has 0 saturated carbocycles. The highest BCUT2D eigenvalue weighted by atomic mass is 79.9. The number of hydrogen-bond donors (Lipinski definition) is 2. The number of rotatable bonds is 5. The minimum absolute atomic E-state index is 0.149. The van der Waals surface area contributed by atoms with Crippen molar-refractivity contribution in [1.29, 1.82) is 0 Å². The van der Waals surface area contributed by atoms with E-state index in [1.807, 2.05) is 30.3 Å². The number of aliphatic hydroxyl groups is 1. The standard InChI is InChI=1S/C19H22BrNO/c20-17-10-8-16(9-11-17)19(22)18(14-21-12-4-5-13-21)15-6-2-1-3-7-15/h1-3,6-11,18-19,22H,4-5,12-14H2/p+1/t18-,19+/m1/s1. The molecule has 1 heterocycles. The Morgan fingerprint density at radius 3 is 2.18 bits per heavy atom. The van der Waals surface area contributed by atoms with Crippen LogP contribution in [-0.4, -0.2) is 24.7 Å². The number of aliphatic hydroxyl groups excluding tert-OH is 1. The van der Waals surface area contributed by atoms with Crippen LogP contribution in [0.15, 0.2) is 59.1 Å². The van der Waals surface area contributed by atoms with Gasteiger partial charge in [-0.2, -0.15) is 0 Å². The number of halogens is 1. The molecule has 2 aromatic rings. The first-order valence-electron chi connectivity index (χ1n) is 8.06. The average molecular weight is 361 g/mol. The Hall–Kier alpha value is -1.16. The largest absolute Gasteiger partial charge is 0.388 e. The molecule has 22 heavy (non-hydrogen) atoms. The van der Waals surface area contributed by atoms with Crippen LogP contribution in [0.4, 0.5) is 0 Å². The smallest absolute Gasteiger partial charge is 0.0912 e. The summed E-state index contributed by atoms with van der Waals surface area (Å²) in [6.07, 6.45) is 2.17. The molecule has 0 aliphatic carbocycles. The second kappa shape index (κ2) is 7.40. The van der Waals surface area contributed by atoms with E-state index in [-0.39, 0.29) is 5.92 Å². The first-order chi connectivity index (χ1) is 10.7. The van der Waals surface area contributed by atoms with E-state index in [0.717, 1.165) is 16.6 Å². The third kappa shape index (κ3) is 3.78. The lowest BCUT2D eigenvalue weighted by atomic mass is 9.88. The van der Waals surface area contributed by atoms with Crippen molar-refractivity contribution in [3.05, 3.63) is 70.2 Å². The van der Waals surface area contributed by atoms with Crippen LogP contribution in [0.5, 0.6) is 0 Å². The Kier molecular flexibility index (Phi) is 5.29. The van der Waals surface area contributed by atoms with Gasteiger partial charge in [0.2, 0.25) is 0 Å². The van der Waals surface area contributed by atoms with Crippen LogP contribution in [0, 0.1) is 0 Å². The molecule has 2 N–H and O–H groups in total. The van der Waals surface area contributed by atoms with E-state index >= 15 is 0 Å². The average Bonchev–Trinajstić information content (AvgIpc) is 3.07. The van der Waals surface area contributed by atoms with Gasteiger partial charge in [0.1, 0.15) is 0 Å². The van der Waals surface area contributed by atoms with E-state index in [1.54, 1.807) is 4.90 Å². The fourth-order valence-electron chi connectivity index (χ4n) is 3.39. The highest BCUT2D eigenvalue weighted by molar-refractivity contribution is 9.10. The molecule has 1 aliphatic heterocycles. The Morgan fingerprint density at radius 1 is 0.909 bits per heavy atom. The monoisotopic (exact) mass is 360 g/mol. The molecule has 1 fully saturated rings. The molecule has 0 amide bonds. The molecule has 1 aliphatic rings. The lowest BCUT2D eigenvalue weighted by molar-refractivity contribution is -0.889. The predicted molar refractivity (Wildman–Crippen MR) is 93.1 cm³/mol. The van der Waals surface area contributed by atoms with Crippen molar-refractivity contribution < 1.29 is 10.0 Å². The van der Waals surface area contributed by atoms with Gasteiger partial charge in [-0.1, -0.05) is 58.4 Å². The van der Waals surface area contributed by atoms with Gasteiger partial charge in [-0.3, -0.25) is 0 Å². The molecular formula is C19H23BrNO+. The van der Waals surface area contributed by atoms with Gasteiger partial charge in [0.05, 0.1) is 31.7 Å². The Balaban J connectivity index is 1.84. The third-order valence-corrected chi connectivity index (χ3v) is 5.17. The van der Waals surface area contributed by atoms with E-state index in [0.29, 0.717) is 0 Å². The normalized spacial score (nSPS) is 18.3. The lowest BCUT2D eigenvalue weighted by Gasteiger charge is -2.26. The second-order valence-electron chi connectivity index (χ2n) is 6.17. The maximum atomic E-state index is 11.0. The quantitative estimate of drug-likeness (QED) is 0.841. The second-order valence-corrected chi connectivity index (χ2v) is 7.09. The van der Waals surface area contributed by atoms with Gasteiger partial charge in [0.15, 0.2) is 0 Å². The SMILES string of the molecule is O[C@@H](c1ccc(Br)cc1)[C@H](C[NH+]1CCCC1)c1ccccc1. The van der Waals surface area contributed by atoms with E-state index in [9.17, 15) is 5.11 Å². The Bertz CT molecular complexity index is 578. The molecule has 3 heteroatoms. The van der Waals surface area contributed by atoms with Crippen LogP contribution >= 0.6 is 15.9 Å².